The molecular formula is C9H19N3O4S. The van der Waals surface area contributed by atoms with Crippen LogP contribution < -0.4 is 10.5 Å². The van der Waals surface area contributed by atoms with E-state index in [0.29, 0.717) is 13.0 Å². The minimum atomic E-state index is -3.83. The van der Waals surface area contributed by atoms with Crippen LogP contribution in [0.2, 0.25) is 0 Å². The Morgan fingerprint density at radius 1 is 1.53 bits per heavy atom. The van der Waals surface area contributed by atoms with Gasteiger partial charge in [-0.3, -0.25) is 0 Å². The van der Waals surface area contributed by atoms with Crippen molar-refractivity contribution in [2.45, 2.75) is 38.8 Å². The Labute approximate surface area is 101 Å². The molecule has 7 nitrogen and oxygen atoms in total. The van der Waals surface area contributed by atoms with Gasteiger partial charge in [0.25, 0.3) is 0 Å². The molecule has 3 N–H and O–H groups in total. The monoisotopic (exact) mass is 265 g/mol. The van der Waals surface area contributed by atoms with Gasteiger partial charge in [-0.25, -0.2) is 9.52 Å². The van der Waals surface area contributed by atoms with Gasteiger partial charge in [-0.05, 0) is 26.7 Å². The summed E-state index contributed by atoms with van der Waals surface area (Å²) in [6, 6.07) is -0.179. The Morgan fingerprint density at radius 2 is 2.18 bits per heavy atom. The first-order valence-electron chi connectivity index (χ1n) is 5.55. The van der Waals surface area contributed by atoms with Crippen molar-refractivity contribution < 1.29 is 17.9 Å². The van der Waals surface area contributed by atoms with Gasteiger partial charge >= 0.3 is 16.3 Å². The van der Waals surface area contributed by atoms with Crippen LogP contribution in [-0.4, -0.2) is 44.1 Å². The van der Waals surface area contributed by atoms with E-state index in [-0.39, 0.29) is 18.7 Å². The Balaban J connectivity index is 2.58. The van der Waals surface area contributed by atoms with Gasteiger partial charge in [0, 0.05) is 19.1 Å². The zero-order chi connectivity index (χ0) is 13.1. The third-order valence-electron chi connectivity index (χ3n) is 2.32. The van der Waals surface area contributed by atoms with Crippen molar-refractivity contribution in [3.8, 4) is 0 Å². The number of nitrogens with two attached hydrogens (primary N) is 1. The number of nitrogens with zero attached hydrogens (tertiary/aromatic N) is 1. The average Bonchev–Trinajstić information content (AvgIpc) is 2.15. The Kier molecular flexibility index (Phi) is 4.72. The number of carbonyl (C=O) groups is 1. The van der Waals surface area contributed by atoms with Gasteiger partial charge in [0.15, 0.2) is 0 Å². The second-order valence-electron chi connectivity index (χ2n) is 4.32. The summed E-state index contributed by atoms with van der Waals surface area (Å²) in [5, 5.41) is 0. The lowest BCUT2D eigenvalue weighted by atomic mass is 10.1. The van der Waals surface area contributed by atoms with Crippen LogP contribution in [0.5, 0.6) is 0 Å². The quantitative estimate of drug-likeness (QED) is 0.735. The van der Waals surface area contributed by atoms with Crippen LogP contribution in [-0.2, 0) is 14.9 Å². The summed E-state index contributed by atoms with van der Waals surface area (Å²) in [4.78, 5) is 11.2. The maximum absolute atomic E-state index is 11.8. The van der Waals surface area contributed by atoms with Gasteiger partial charge in [0.1, 0.15) is 0 Å². The van der Waals surface area contributed by atoms with Crippen LogP contribution in [0.25, 0.3) is 0 Å². The van der Waals surface area contributed by atoms with Crippen molar-refractivity contribution in [1.82, 2.24) is 9.03 Å². The highest BCUT2D eigenvalue weighted by atomic mass is 32.2. The molecule has 0 saturated carbocycles. The lowest BCUT2D eigenvalue weighted by Crippen LogP contribution is -2.51. The summed E-state index contributed by atoms with van der Waals surface area (Å²) in [7, 11) is -3.83. The summed E-state index contributed by atoms with van der Waals surface area (Å²) in [6.45, 7) is 3.88. The van der Waals surface area contributed by atoms with Gasteiger partial charge in [-0.15, -0.1) is 0 Å². The van der Waals surface area contributed by atoms with Gasteiger partial charge in [-0.1, -0.05) is 0 Å². The predicted molar refractivity (Wildman–Crippen MR) is 62.5 cm³/mol. The van der Waals surface area contributed by atoms with Gasteiger partial charge in [0.2, 0.25) is 0 Å². The number of rotatable bonds is 3. The zero-order valence-corrected chi connectivity index (χ0v) is 10.9. The van der Waals surface area contributed by atoms with E-state index in [2.05, 4.69) is 0 Å². The van der Waals surface area contributed by atoms with Crippen molar-refractivity contribution in [2.75, 3.05) is 13.1 Å². The summed E-state index contributed by atoms with van der Waals surface area (Å²) < 4.78 is 31.3. The van der Waals surface area contributed by atoms with Gasteiger partial charge in [-0.2, -0.15) is 12.7 Å². The maximum Gasteiger partial charge on any atom is 0.422 e. The Morgan fingerprint density at radius 3 is 2.71 bits per heavy atom. The normalized spacial score (nSPS) is 22.5. The largest absolute Gasteiger partial charge is 0.446 e. The van der Waals surface area contributed by atoms with Crippen molar-refractivity contribution in [3.05, 3.63) is 0 Å². The topological polar surface area (TPSA) is 102 Å². The van der Waals surface area contributed by atoms with E-state index in [9.17, 15) is 13.2 Å². The average molecular weight is 265 g/mol. The third kappa shape index (κ3) is 4.49. The number of piperidine rings is 1. The van der Waals surface area contributed by atoms with E-state index >= 15 is 0 Å². The fourth-order valence-corrected chi connectivity index (χ4v) is 2.75. The number of hydrogen-bond acceptors (Lipinski definition) is 5. The number of carbonyl (C=O) groups excluding carboxylic acids is 1. The molecule has 1 aliphatic rings. The summed E-state index contributed by atoms with van der Waals surface area (Å²) in [5.74, 6) is 0. The van der Waals surface area contributed by atoms with E-state index in [4.69, 9.17) is 10.5 Å². The van der Waals surface area contributed by atoms with Crippen LogP contribution in [0, 0.1) is 0 Å². The molecule has 1 aliphatic heterocycles. The molecule has 0 aromatic rings. The molecule has 0 aliphatic carbocycles. The standard InChI is InChI=1S/C9H19N3O4S/c1-7(2)16-9(13)11-17(14,15)12-5-3-4-8(10)6-12/h7-8H,3-6,10H2,1-2H3,(H,11,13). The fraction of sp³-hybridized carbons (Fsp3) is 0.889. The molecule has 1 atom stereocenters. The SMILES string of the molecule is CC(C)OC(=O)NS(=O)(=O)N1CCCC(N)C1. The van der Waals surface area contributed by atoms with Crippen molar-refractivity contribution in [3.63, 3.8) is 0 Å². The first-order valence-corrected chi connectivity index (χ1v) is 6.99. The Bertz CT molecular complexity index is 368. The second kappa shape index (κ2) is 5.65. The summed E-state index contributed by atoms with van der Waals surface area (Å²) >= 11 is 0. The number of ether oxygens (including phenoxy) is 1. The molecule has 1 unspecified atom stereocenters. The minimum absolute atomic E-state index is 0.179. The number of hydrogen-bond donors (Lipinski definition) is 2. The number of nitrogens with one attached hydrogen (secondary N) is 1. The molecule has 8 heteroatoms. The highest BCUT2D eigenvalue weighted by molar-refractivity contribution is 7.87. The molecule has 17 heavy (non-hydrogen) atoms. The minimum Gasteiger partial charge on any atom is -0.446 e. The lowest BCUT2D eigenvalue weighted by molar-refractivity contribution is 0.120. The smallest absolute Gasteiger partial charge is 0.422 e. The zero-order valence-electron chi connectivity index (χ0n) is 10.0. The highest BCUT2D eigenvalue weighted by Gasteiger charge is 2.29. The van der Waals surface area contributed by atoms with Crippen molar-refractivity contribution in [1.29, 1.82) is 0 Å². The third-order valence-corrected chi connectivity index (χ3v) is 3.75. The molecule has 1 fully saturated rings. The highest BCUT2D eigenvalue weighted by Crippen LogP contribution is 2.11. The molecule has 0 spiro atoms. The van der Waals surface area contributed by atoms with Crippen LogP contribution in [0.3, 0.4) is 0 Å². The first kappa shape index (κ1) is 14.2. The van der Waals surface area contributed by atoms with E-state index in [1.807, 2.05) is 4.72 Å². The van der Waals surface area contributed by atoms with E-state index in [1.54, 1.807) is 13.8 Å². The van der Waals surface area contributed by atoms with Crippen LogP contribution >= 0.6 is 0 Å². The molecule has 100 valence electrons. The van der Waals surface area contributed by atoms with Gasteiger partial charge in [0.05, 0.1) is 6.10 Å². The van der Waals surface area contributed by atoms with E-state index in [1.165, 1.54) is 4.31 Å². The van der Waals surface area contributed by atoms with E-state index in [0.717, 1.165) is 6.42 Å². The second-order valence-corrected chi connectivity index (χ2v) is 5.99. The summed E-state index contributed by atoms with van der Waals surface area (Å²) in [6.07, 6.45) is 0.164. The molecule has 0 bridgehead atoms. The molecule has 1 saturated heterocycles. The molecule has 0 aromatic carbocycles. The lowest BCUT2D eigenvalue weighted by Gasteiger charge is -2.29. The van der Waals surface area contributed by atoms with Crippen LogP contribution in [0.15, 0.2) is 0 Å². The van der Waals surface area contributed by atoms with Crippen molar-refractivity contribution >= 4 is 16.3 Å². The van der Waals surface area contributed by atoms with E-state index < -0.39 is 16.3 Å². The van der Waals surface area contributed by atoms with Gasteiger partial charge < -0.3 is 10.5 Å². The molecule has 1 heterocycles. The number of amides is 1. The molecule has 1 rings (SSSR count). The molecule has 1 amide bonds. The first-order chi connectivity index (χ1) is 7.81. The fourth-order valence-electron chi connectivity index (χ4n) is 1.60. The molecule has 0 radical (unpaired) electrons. The summed E-state index contributed by atoms with van der Waals surface area (Å²) in [5.41, 5.74) is 5.68. The maximum atomic E-state index is 11.8. The molecular weight excluding hydrogens is 246 g/mol. The van der Waals surface area contributed by atoms with Crippen molar-refractivity contribution in [2.24, 2.45) is 5.73 Å². The molecule has 0 aromatic heterocycles. The predicted octanol–water partition coefficient (Wildman–Crippen LogP) is -0.211. The Hall–Kier alpha value is -0.860. The van der Waals surface area contributed by atoms with Crippen LogP contribution in [0.1, 0.15) is 26.7 Å². The van der Waals surface area contributed by atoms with Crippen LogP contribution in [0.4, 0.5) is 4.79 Å².